The average molecular weight is 400 g/mol. The predicted octanol–water partition coefficient (Wildman–Crippen LogP) is 3.40. The first-order valence-electron chi connectivity index (χ1n) is 11.4. The molecule has 1 aliphatic carbocycles. The summed E-state index contributed by atoms with van der Waals surface area (Å²) >= 11 is 0. The lowest BCUT2D eigenvalue weighted by molar-refractivity contribution is -0.142. The number of rotatable bonds is 7. The summed E-state index contributed by atoms with van der Waals surface area (Å²) in [5, 5.41) is 0. The molecule has 1 saturated carbocycles. The third-order valence-electron chi connectivity index (χ3n) is 6.58. The highest BCUT2D eigenvalue weighted by molar-refractivity contribution is 5.81. The van der Waals surface area contributed by atoms with Crippen LogP contribution in [-0.4, -0.2) is 66.3 Å². The maximum Gasteiger partial charge on any atom is 0.225 e. The first kappa shape index (κ1) is 21.8. The van der Waals surface area contributed by atoms with Gasteiger partial charge < -0.3 is 9.80 Å². The third kappa shape index (κ3) is 6.05. The van der Waals surface area contributed by atoms with Crippen molar-refractivity contribution in [3.05, 3.63) is 35.9 Å². The van der Waals surface area contributed by atoms with Crippen molar-refractivity contribution >= 4 is 11.8 Å². The normalized spacial score (nSPS) is 23.0. The Bertz CT molecular complexity index is 647. The van der Waals surface area contributed by atoms with Crippen LogP contribution >= 0.6 is 0 Å². The number of unbranched alkanes of at least 4 members (excludes halogenated alkanes) is 1. The number of hydrogen-bond acceptors (Lipinski definition) is 3. The van der Waals surface area contributed by atoms with E-state index < -0.39 is 0 Å². The molecule has 5 heteroatoms. The van der Waals surface area contributed by atoms with Gasteiger partial charge >= 0.3 is 0 Å². The molecule has 0 unspecified atom stereocenters. The molecule has 2 amide bonds. The summed E-state index contributed by atoms with van der Waals surface area (Å²) in [5.74, 6) is 0.817. The van der Waals surface area contributed by atoms with Crippen LogP contribution in [0.15, 0.2) is 30.3 Å². The van der Waals surface area contributed by atoms with Gasteiger partial charge in [0.15, 0.2) is 0 Å². The molecular formula is C24H37N3O2. The van der Waals surface area contributed by atoms with E-state index in [1.165, 1.54) is 5.56 Å². The minimum Gasteiger partial charge on any atom is -0.346 e. The second-order valence-corrected chi connectivity index (χ2v) is 8.75. The van der Waals surface area contributed by atoms with Crippen LogP contribution in [0.3, 0.4) is 0 Å². The lowest BCUT2D eigenvalue weighted by Crippen LogP contribution is -2.50. The van der Waals surface area contributed by atoms with Gasteiger partial charge in [0.2, 0.25) is 11.8 Å². The number of amides is 2. The SMILES string of the molecule is CCCCN(C)C(=O)C1CCC(C(=O)N2CCN(Cc3ccccc3)CC2)CC1. The standard InChI is InChI=1S/C24H37N3O2/c1-3-4-14-25(2)23(28)21-10-12-22(13-11-21)24(29)27-17-15-26(16-18-27)19-20-8-6-5-7-9-20/h5-9,21-22H,3-4,10-19H2,1-2H3. The minimum atomic E-state index is 0.112. The lowest BCUT2D eigenvalue weighted by atomic mass is 9.80. The number of nitrogens with zero attached hydrogens (tertiary/aromatic N) is 3. The maximum absolute atomic E-state index is 13.0. The van der Waals surface area contributed by atoms with E-state index in [9.17, 15) is 9.59 Å². The van der Waals surface area contributed by atoms with E-state index in [0.29, 0.717) is 5.91 Å². The van der Waals surface area contributed by atoms with Crippen molar-refractivity contribution in [2.24, 2.45) is 11.8 Å². The first-order chi connectivity index (χ1) is 14.1. The number of carbonyl (C=O) groups is 2. The van der Waals surface area contributed by atoms with Crippen LogP contribution in [0.1, 0.15) is 51.0 Å². The van der Waals surface area contributed by atoms with Crippen LogP contribution in [0.25, 0.3) is 0 Å². The summed E-state index contributed by atoms with van der Waals surface area (Å²) in [5.41, 5.74) is 1.33. The Kier molecular flexibility index (Phi) is 8.10. The molecule has 0 atom stereocenters. The molecule has 29 heavy (non-hydrogen) atoms. The highest BCUT2D eigenvalue weighted by atomic mass is 16.2. The second kappa shape index (κ2) is 10.8. The number of carbonyl (C=O) groups excluding carboxylic acids is 2. The van der Waals surface area contributed by atoms with E-state index in [1.807, 2.05) is 18.0 Å². The Morgan fingerprint density at radius 1 is 0.966 bits per heavy atom. The van der Waals surface area contributed by atoms with E-state index >= 15 is 0 Å². The Morgan fingerprint density at radius 3 is 2.21 bits per heavy atom. The average Bonchev–Trinajstić information content (AvgIpc) is 2.78. The van der Waals surface area contributed by atoms with Crippen molar-refractivity contribution in [1.82, 2.24) is 14.7 Å². The van der Waals surface area contributed by atoms with Crippen LogP contribution in [-0.2, 0) is 16.1 Å². The number of piperazine rings is 1. The Morgan fingerprint density at radius 2 is 1.59 bits per heavy atom. The molecule has 1 aromatic carbocycles. The molecule has 0 aromatic heterocycles. The lowest BCUT2D eigenvalue weighted by Gasteiger charge is -2.38. The summed E-state index contributed by atoms with van der Waals surface area (Å²) in [6, 6.07) is 10.5. The van der Waals surface area contributed by atoms with Gasteiger partial charge in [0.05, 0.1) is 0 Å². The van der Waals surface area contributed by atoms with E-state index in [0.717, 1.165) is 77.8 Å². The number of hydrogen-bond donors (Lipinski definition) is 0. The molecule has 0 spiro atoms. The summed E-state index contributed by atoms with van der Waals surface area (Å²) in [4.78, 5) is 32.0. The minimum absolute atomic E-state index is 0.112. The van der Waals surface area contributed by atoms with Gasteiger partial charge in [-0.3, -0.25) is 14.5 Å². The van der Waals surface area contributed by atoms with E-state index in [4.69, 9.17) is 0 Å². The highest BCUT2D eigenvalue weighted by Crippen LogP contribution is 2.31. The van der Waals surface area contributed by atoms with Crippen molar-refractivity contribution in [3.8, 4) is 0 Å². The molecule has 1 aliphatic heterocycles. The Labute approximate surface area is 176 Å². The van der Waals surface area contributed by atoms with Crippen molar-refractivity contribution in [1.29, 1.82) is 0 Å². The van der Waals surface area contributed by atoms with Gasteiger partial charge in [0.25, 0.3) is 0 Å². The first-order valence-corrected chi connectivity index (χ1v) is 11.4. The summed E-state index contributed by atoms with van der Waals surface area (Å²) in [7, 11) is 1.92. The van der Waals surface area contributed by atoms with Crippen molar-refractivity contribution in [3.63, 3.8) is 0 Å². The van der Waals surface area contributed by atoms with Crippen LogP contribution in [0.2, 0.25) is 0 Å². The van der Waals surface area contributed by atoms with Crippen LogP contribution in [0.5, 0.6) is 0 Å². The Balaban J connectivity index is 1.40. The van der Waals surface area contributed by atoms with Crippen molar-refractivity contribution in [2.75, 3.05) is 39.8 Å². The van der Waals surface area contributed by atoms with Crippen LogP contribution in [0.4, 0.5) is 0 Å². The molecule has 1 saturated heterocycles. The zero-order valence-electron chi connectivity index (χ0n) is 18.2. The van der Waals surface area contributed by atoms with E-state index in [2.05, 4.69) is 41.0 Å². The maximum atomic E-state index is 13.0. The molecule has 0 N–H and O–H groups in total. The molecule has 1 heterocycles. The van der Waals surface area contributed by atoms with Gasteiger partial charge in [-0.1, -0.05) is 43.7 Å². The topological polar surface area (TPSA) is 43.9 Å². The summed E-state index contributed by atoms with van der Waals surface area (Å²) in [6.45, 7) is 7.49. The zero-order valence-corrected chi connectivity index (χ0v) is 18.2. The van der Waals surface area contributed by atoms with Gasteiger partial charge in [-0.25, -0.2) is 0 Å². The van der Waals surface area contributed by atoms with Gasteiger partial charge in [0, 0.05) is 58.2 Å². The van der Waals surface area contributed by atoms with Gasteiger partial charge in [-0.05, 0) is 37.7 Å². The summed E-state index contributed by atoms with van der Waals surface area (Å²) < 4.78 is 0. The molecule has 2 fully saturated rings. The molecule has 5 nitrogen and oxygen atoms in total. The highest BCUT2D eigenvalue weighted by Gasteiger charge is 2.34. The van der Waals surface area contributed by atoms with Crippen LogP contribution < -0.4 is 0 Å². The van der Waals surface area contributed by atoms with Gasteiger partial charge in [0.1, 0.15) is 0 Å². The Hall–Kier alpha value is -1.88. The van der Waals surface area contributed by atoms with Gasteiger partial charge in [-0.2, -0.15) is 0 Å². The second-order valence-electron chi connectivity index (χ2n) is 8.75. The summed E-state index contributed by atoms with van der Waals surface area (Å²) in [6.07, 6.45) is 5.62. The van der Waals surface area contributed by atoms with E-state index in [-0.39, 0.29) is 17.7 Å². The fourth-order valence-corrected chi connectivity index (χ4v) is 4.63. The quantitative estimate of drug-likeness (QED) is 0.706. The van der Waals surface area contributed by atoms with E-state index in [1.54, 1.807) is 0 Å². The van der Waals surface area contributed by atoms with Crippen molar-refractivity contribution in [2.45, 2.75) is 52.0 Å². The third-order valence-corrected chi connectivity index (χ3v) is 6.58. The van der Waals surface area contributed by atoms with Crippen LogP contribution in [0, 0.1) is 11.8 Å². The zero-order chi connectivity index (χ0) is 20.6. The largest absolute Gasteiger partial charge is 0.346 e. The van der Waals surface area contributed by atoms with Gasteiger partial charge in [-0.15, -0.1) is 0 Å². The monoisotopic (exact) mass is 399 g/mol. The predicted molar refractivity (Wildman–Crippen MR) is 116 cm³/mol. The molecule has 3 rings (SSSR count). The molecular weight excluding hydrogens is 362 g/mol. The molecule has 2 aliphatic rings. The molecule has 0 radical (unpaired) electrons. The number of benzene rings is 1. The smallest absolute Gasteiger partial charge is 0.225 e. The fraction of sp³-hybridized carbons (Fsp3) is 0.667. The molecule has 160 valence electrons. The fourth-order valence-electron chi connectivity index (χ4n) is 4.63. The molecule has 1 aromatic rings. The molecule has 0 bridgehead atoms. The van der Waals surface area contributed by atoms with Crippen molar-refractivity contribution < 1.29 is 9.59 Å².